The van der Waals surface area contributed by atoms with Crippen LogP contribution in [0.1, 0.15) is 68.6 Å². The van der Waals surface area contributed by atoms with E-state index >= 15 is 0 Å². The van der Waals surface area contributed by atoms with Gasteiger partial charge in [-0.05, 0) is 19.3 Å². The third-order valence-electron chi connectivity index (χ3n) is 4.11. The second kappa shape index (κ2) is 6.98. The number of aryl methyl sites for hydroxylation is 3. The maximum atomic E-state index is 12.4. The van der Waals surface area contributed by atoms with Crippen molar-refractivity contribution in [1.29, 1.82) is 0 Å². The van der Waals surface area contributed by atoms with E-state index in [1.807, 2.05) is 18.5 Å². The Hall–Kier alpha value is -2.45. The van der Waals surface area contributed by atoms with Crippen LogP contribution in [0.3, 0.4) is 0 Å². The van der Waals surface area contributed by atoms with Gasteiger partial charge in [-0.15, -0.1) is 0 Å². The third kappa shape index (κ3) is 3.39. The van der Waals surface area contributed by atoms with Gasteiger partial charge in [0.25, 0.3) is 0 Å². The van der Waals surface area contributed by atoms with Crippen LogP contribution in [-0.2, 0) is 13.0 Å². The first-order valence-corrected chi connectivity index (χ1v) is 8.41. The first-order valence-electron chi connectivity index (χ1n) is 8.41. The molecule has 0 fully saturated rings. The smallest absolute Gasteiger partial charge is 0.315 e. The van der Waals surface area contributed by atoms with Crippen LogP contribution >= 0.6 is 0 Å². The summed E-state index contributed by atoms with van der Waals surface area (Å²) in [6.45, 7) is 6.56. The molecule has 24 heavy (non-hydrogen) atoms. The maximum Gasteiger partial charge on any atom is 0.315 e. The molecule has 2 aromatic heterocycles. The van der Waals surface area contributed by atoms with E-state index in [2.05, 4.69) is 30.9 Å². The molecule has 0 unspecified atom stereocenters. The van der Waals surface area contributed by atoms with Gasteiger partial charge in [0.2, 0.25) is 5.89 Å². The van der Waals surface area contributed by atoms with Gasteiger partial charge < -0.3 is 15.2 Å². The summed E-state index contributed by atoms with van der Waals surface area (Å²) in [7, 11) is 0. The van der Waals surface area contributed by atoms with Gasteiger partial charge in [0, 0.05) is 19.9 Å². The Morgan fingerprint density at radius 2 is 2.25 bits per heavy atom. The minimum absolute atomic E-state index is 0.129. The molecule has 1 aliphatic heterocycles. The van der Waals surface area contributed by atoms with Gasteiger partial charge in [-0.2, -0.15) is 10.1 Å². The van der Waals surface area contributed by atoms with Gasteiger partial charge in [-0.25, -0.2) is 14.5 Å². The molecule has 1 aliphatic rings. The van der Waals surface area contributed by atoms with E-state index in [0.717, 1.165) is 37.5 Å². The number of urea groups is 1. The Bertz CT molecular complexity index is 708. The summed E-state index contributed by atoms with van der Waals surface area (Å²) in [5, 5.41) is 14.2. The molecule has 0 spiro atoms. The van der Waals surface area contributed by atoms with Crippen molar-refractivity contribution in [2.45, 2.75) is 65.1 Å². The number of rotatable bonds is 5. The highest BCUT2D eigenvalue weighted by Gasteiger charge is 2.26. The number of hydrogen-bond acceptors (Lipinski definition) is 6. The zero-order valence-corrected chi connectivity index (χ0v) is 14.2. The van der Waals surface area contributed by atoms with Crippen molar-refractivity contribution in [2.24, 2.45) is 0 Å². The van der Waals surface area contributed by atoms with Gasteiger partial charge >= 0.3 is 6.03 Å². The van der Waals surface area contributed by atoms with Gasteiger partial charge in [-0.1, -0.05) is 19.0 Å². The monoisotopic (exact) mass is 333 g/mol. The molecule has 9 heteroatoms. The Morgan fingerprint density at radius 3 is 2.92 bits per heavy atom. The summed E-state index contributed by atoms with van der Waals surface area (Å²) in [5.74, 6) is 2.62. The lowest BCUT2D eigenvalue weighted by atomic mass is 10.1. The topological polar surface area (TPSA) is 111 Å². The minimum Gasteiger partial charge on any atom is -0.340 e. The average Bonchev–Trinajstić information content (AvgIpc) is 3.19. The molecule has 0 bridgehead atoms. The third-order valence-corrected chi connectivity index (χ3v) is 4.11. The van der Waals surface area contributed by atoms with E-state index in [1.165, 1.54) is 0 Å². The van der Waals surface area contributed by atoms with Crippen LogP contribution in [0.4, 0.5) is 4.79 Å². The van der Waals surface area contributed by atoms with Crippen molar-refractivity contribution in [3.8, 4) is 0 Å². The van der Waals surface area contributed by atoms with E-state index < -0.39 is 0 Å². The second-order valence-corrected chi connectivity index (χ2v) is 5.91. The van der Waals surface area contributed by atoms with Crippen molar-refractivity contribution < 1.29 is 9.32 Å². The summed E-state index contributed by atoms with van der Waals surface area (Å²) in [6.07, 6.45) is 3.28. The van der Waals surface area contributed by atoms with E-state index in [-0.39, 0.29) is 18.1 Å². The van der Waals surface area contributed by atoms with Gasteiger partial charge in [0.05, 0.1) is 12.1 Å². The first-order chi connectivity index (χ1) is 11.6. The van der Waals surface area contributed by atoms with Gasteiger partial charge in [0.1, 0.15) is 5.82 Å². The minimum atomic E-state index is -0.282. The standard InChI is InChI=1S/C15H23N7O2/c1-4-10(13-16-9(3)24-21-13)17-15(23)18-11-7-6-8-22-14(11)19-12(5-2)20-22/h10-11H,4-8H2,1-3H3,(H2,17,18,23)/t10-,11+/m1/s1. The van der Waals surface area contributed by atoms with Crippen molar-refractivity contribution in [3.63, 3.8) is 0 Å². The Kier molecular flexibility index (Phi) is 4.77. The summed E-state index contributed by atoms with van der Waals surface area (Å²) in [4.78, 5) is 21.1. The van der Waals surface area contributed by atoms with Gasteiger partial charge in [-0.3, -0.25) is 0 Å². The molecule has 2 aromatic rings. The molecule has 0 saturated carbocycles. The van der Waals surface area contributed by atoms with Crippen molar-refractivity contribution in [1.82, 2.24) is 35.5 Å². The fraction of sp³-hybridized carbons (Fsp3) is 0.667. The van der Waals surface area contributed by atoms with E-state index in [0.29, 0.717) is 18.1 Å². The molecular formula is C15H23N7O2. The number of nitrogens with one attached hydrogen (secondary N) is 2. The van der Waals surface area contributed by atoms with Crippen molar-refractivity contribution >= 4 is 6.03 Å². The summed E-state index contributed by atoms with van der Waals surface area (Å²) < 4.78 is 6.88. The predicted molar refractivity (Wildman–Crippen MR) is 85.1 cm³/mol. The van der Waals surface area contributed by atoms with Crippen LogP contribution in [0.5, 0.6) is 0 Å². The molecule has 0 aliphatic carbocycles. The Morgan fingerprint density at radius 1 is 1.42 bits per heavy atom. The number of fused-ring (bicyclic) bond motifs is 1. The molecule has 3 rings (SSSR count). The Labute approximate surface area is 140 Å². The SMILES string of the molecule is CCc1nc2n(n1)CCC[C@@H]2NC(=O)N[C@H](CC)c1noc(C)n1. The molecule has 2 atom stereocenters. The molecule has 2 N–H and O–H groups in total. The highest BCUT2D eigenvalue weighted by atomic mass is 16.5. The highest BCUT2D eigenvalue weighted by molar-refractivity contribution is 5.74. The fourth-order valence-corrected chi connectivity index (χ4v) is 2.85. The van der Waals surface area contributed by atoms with Crippen molar-refractivity contribution in [2.75, 3.05) is 0 Å². The molecule has 9 nitrogen and oxygen atoms in total. The molecule has 0 aromatic carbocycles. The quantitative estimate of drug-likeness (QED) is 0.863. The van der Waals surface area contributed by atoms with Crippen LogP contribution < -0.4 is 10.6 Å². The first kappa shape index (κ1) is 16.4. The van der Waals surface area contributed by atoms with Crippen LogP contribution in [-0.4, -0.2) is 30.9 Å². The lowest BCUT2D eigenvalue weighted by molar-refractivity contribution is 0.227. The van der Waals surface area contributed by atoms with E-state index in [9.17, 15) is 4.79 Å². The van der Waals surface area contributed by atoms with Crippen LogP contribution in [0.25, 0.3) is 0 Å². The number of nitrogens with zero attached hydrogens (tertiary/aromatic N) is 5. The van der Waals surface area contributed by atoms with Crippen LogP contribution in [0.15, 0.2) is 4.52 Å². The zero-order chi connectivity index (χ0) is 17.1. The number of carbonyl (C=O) groups is 1. The van der Waals surface area contributed by atoms with Crippen LogP contribution in [0.2, 0.25) is 0 Å². The number of carbonyl (C=O) groups excluding carboxylic acids is 1. The van der Waals surface area contributed by atoms with E-state index in [4.69, 9.17) is 4.52 Å². The number of aromatic nitrogens is 5. The lowest BCUT2D eigenvalue weighted by Crippen LogP contribution is -2.41. The summed E-state index contributed by atoms with van der Waals surface area (Å²) in [5.41, 5.74) is 0. The van der Waals surface area contributed by atoms with Crippen LogP contribution in [0, 0.1) is 6.92 Å². The largest absolute Gasteiger partial charge is 0.340 e. The molecule has 3 heterocycles. The highest BCUT2D eigenvalue weighted by Crippen LogP contribution is 2.23. The maximum absolute atomic E-state index is 12.4. The summed E-state index contributed by atoms with van der Waals surface area (Å²) in [6, 6.07) is -0.671. The summed E-state index contributed by atoms with van der Waals surface area (Å²) >= 11 is 0. The number of amides is 2. The second-order valence-electron chi connectivity index (χ2n) is 5.91. The predicted octanol–water partition coefficient (Wildman–Crippen LogP) is 1.82. The zero-order valence-electron chi connectivity index (χ0n) is 14.2. The average molecular weight is 333 g/mol. The molecule has 0 saturated heterocycles. The molecular weight excluding hydrogens is 310 g/mol. The van der Waals surface area contributed by atoms with Gasteiger partial charge in [0.15, 0.2) is 11.6 Å². The normalized spacial score (nSPS) is 18.0. The lowest BCUT2D eigenvalue weighted by Gasteiger charge is -2.24. The number of hydrogen-bond donors (Lipinski definition) is 2. The fourth-order valence-electron chi connectivity index (χ4n) is 2.85. The molecule has 0 radical (unpaired) electrons. The van der Waals surface area contributed by atoms with Crippen molar-refractivity contribution in [3.05, 3.63) is 23.4 Å². The molecule has 130 valence electrons. The molecule has 2 amide bonds. The van der Waals surface area contributed by atoms with E-state index in [1.54, 1.807) is 6.92 Å². The Balaban J connectivity index is 1.66.